The molecule has 0 radical (unpaired) electrons. The molecule has 2 aromatic rings. The molecular weight excluding hydrogens is 451 g/mol. The minimum atomic E-state index is -1.57. The highest BCUT2D eigenvalue weighted by Crippen LogP contribution is 2.31. The van der Waals surface area contributed by atoms with Crippen molar-refractivity contribution in [3.8, 4) is 0 Å². The fourth-order valence-electron chi connectivity index (χ4n) is 2.21. The number of carbonyl (C=O) groups is 1. The van der Waals surface area contributed by atoms with Crippen LogP contribution in [0.3, 0.4) is 0 Å². The number of pyridine rings is 1. The Morgan fingerprint density at radius 3 is 2.29 bits per heavy atom. The SMILES string of the molecule is C=CC.C=CC(C)OC.CC.CNC(=O)c1ccc(C)c(N=C2NC(c3ccncc3)=S2F)c1. The van der Waals surface area contributed by atoms with E-state index in [4.69, 9.17) is 4.74 Å². The van der Waals surface area contributed by atoms with Crippen molar-refractivity contribution in [2.45, 2.75) is 40.7 Å². The molecule has 8 heteroatoms. The molecule has 1 aliphatic heterocycles. The first-order valence-corrected chi connectivity index (χ1v) is 12.0. The van der Waals surface area contributed by atoms with Crippen molar-refractivity contribution in [2.75, 3.05) is 14.2 Å². The Hall–Kier alpha value is -3.10. The minimum absolute atomic E-state index is 0.198. The maximum atomic E-state index is 14.4. The number of ether oxygens (including phenoxy) is 1. The smallest absolute Gasteiger partial charge is 0.251 e. The van der Waals surface area contributed by atoms with Crippen molar-refractivity contribution in [3.05, 3.63) is 84.7 Å². The zero-order chi connectivity index (χ0) is 26.1. The van der Waals surface area contributed by atoms with Crippen LogP contribution in [0.15, 0.2) is 73.0 Å². The first-order chi connectivity index (χ1) is 16.3. The summed E-state index contributed by atoms with van der Waals surface area (Å²) in [5.41, 5.74) is 2.72. The lowest BCUT2D eigenvalue weighted by Crippen LogP contribution is -2.39. The molecule has 0 spiro atoms. The maximum Gasteiger partial charge on any atom is 0.251 e. The number of halogens is 1. The van der Waals surface area contributed by atoms with Crippen LogP contribution in [0.25, 0.3) is 0 Å². The number of methoxy groups -OCH3 is 1. The first-order valence-electron chi connectivity index (χ1n) is 10.9. The highest BCUT2D eigenvalue weighted by molar-refractivity contribution is 8.27. The number of hydrogen-bond donors (Lipinski definition) is 2. The second-order valence-corrected chi connectivity index (χ2v) is 7.84. The third-order valence-electron chi connectivity index (χ3n) is 4.14. The largest absolute Gasteiger partial charge is 0.378 e. The molecule has 2 unspecified atom stereocenters. The normalized spacial score (nSPS) is 15.4. The lowest BCUT2D eigenvalue weighted by atomic mass is 10.1. The summed E-state index contributed by atoms with van der Waals surface area (Å²) in [6.45, 7) is 16.6. The van der Waals surface area contributed by atoms with Crippen molar-refractivity contribution in [3.63, 3.8) is 0 Å². The van der Waals surface area contributed by atoms with Gasteiger partial charge in [0.15, 0.2) is 5.17 Å². The van der Waals surface area contributed by atoms with Gasteiger partial charge in [-0.05, 0) is 50.6 Å². The number of nitrogens with zero attached hydrogens (tertiary/aromatic N) is 2. The van der Waals surface area contributed by atoms with Crippen LogP contribution >= 0.6 is 10.9 Å². The van der Waals surface area contributed by atoms with Gasteiger partial charge in [-0.1, -0.05) is 32.1 Å². The number of carbonyl (C=O) groups excluding carboxylic acids is 1. The molecule has 186 valence electrons. The van der Waals surface area contributed by atoms with Crippen LogP contribution in [-0.4, -0.2) is 41.3 Å². The summed E-state index contributed by atoms with van der Waals surface area (Å²) < 4.78 is 19.2. The van der Waals surface area contributed by atoms with Crippen LogP contribution in [-0.2, 0) is 4.74 Å². The van der Waals surface area contributed by atoms with Gasteiger partial charge in [0.05, 0.1) is 22.7 Å². The summed E-state index contributed by atoms with van der Waals surface area (Å²) in [6, 6.07) is 8.67. The van der Waals surface area contributed by atoms with Gasteiger partial charge in [-0.3, -0.25) is 9.78 Å². The summed E-state index contributed by atoms with van der Waals surface area (Å²) in [7, 11) is 1.66. The van der Waals surface area contributed by atoms with Gasteiger partial charge >= 0.3 is 0 Å². The number of aromatic nitrogens is 1. The van der Waals surface area contributed by atoms with E-state index in [-0.39, 0.29) is 17.2 Å². The van der Waals surface area contributed by atoms with Gasteiger partial charge in [0.25, 0.3) is 5.91 Å². The van der Waals surface area contributed by atoms with E-state index in [1.807, 2.05) is 34.6 Å². The molecule has 34 heavy (non-hydrogen) atoms. The standard InChI is InChI=1S/C16H15FN4OS.C5H10O.C3H6.C2H6/c1-10-3-4-12(14(22)18-2)9-13(10)20-16-21-15(23(16)17)11-5-7-19-8-6-11;1-4-5(2)6-3;1-3-2;1-2/h3-9H,1-2H3,(H,18,22)(H,20,21);4-5H,1H2,2-3H3;3H,1H2,2H3;1-2H3. The number of aliphatic imine (C=N–C) groups is 1. The highest BCUT2D eigenvalue weighted by atomic mass is 32.2. The number of amidine groups is 1. The number of nitrogens with one attached hydrogen (secondary N) is 2. The van der Waals surface area contributed by atoms with Gasteiger partial charge < -0.3 is 15.4 Å². The molecule has 0 fully saturated rings. The van der Waals surface area contributed by atoms with Crippen LogP contribution in [0.4, 0.5) is 9.57 Å². The topological polar surface area (TPSA) is 75.6 Å². The molecule has 3 rings (SSSR count). The minimum Gasteiger partial charge on any atom is -0.378 e. The van der Waals surface area contributed by atoms with Crippen molar-refractivity contribution in [2.24, 2.45) is 4.99 Å². The van der Waals surface area contributed by atoms with Crippen LogP contribution in [0.2, 0.25) is 0 Å². The molecule has 2 atom stereocenters. The predicted molar refractivity (Wildman–Crippen MR) is 146 cm³/mol. The lowest BCUT2D eigenvalue weighted by molar-refractivity contribution is 0.0963. The third-order valence-corrected chi connectivity index (χ3v) is 5.37. The Labute approximate surface area is 206 Å². The number of rotatable bonds is 5. The third kappa shape index (κ3) is 9.80. The fraction of sp³-hybridized carbons (Fsp3) is 0.308. The Bertz CT molecular complexity index is 992. The van der Waals surface area contributed by atoms with Gasteiger partial charge in [0.1, 0.15) is 4.99 Å². The zero-order valence-corrected chi connectivity index (χ0v) is 22.0. The Morgan fingerprint density at radius 2 is 1.85 bits per heavy atom. The van der Waals surface area contributed by atoms with E-state index >= 15 is 0 Å². The van der Waals surface area contributed by atoms with E-state index in [2.05, 4.69) is 33.8 Å². The second-order valence-electron chi connectivity index (χ2n) is 6.53. The number of allylic oxidation sites excluding steroid dienone is 1. The van der Waals surface area contributed by atoms with Gasteiger partial charge in [-0.2, -0.15) is 3.89 Å². The summed E-state index contributed by atoms with van der Waals surface area (Å²) >= 11 is 0. The van der Waals surface area contributed by atoms with Crippen LogP contribution < -0.4 is 10.6 Å². The fourth-order valence-corrected chi connectivity index (χ4v) is 3.14. The molecule has 0 saturated heterocycles. The predicted octanol–water partition coefficient (Wildman–Crippen LogP) is 6.10. The number of hydrogen-bond acceptors (Lipinski definition) is 4. The van der Waals surface area contributed by atoms with Crippen LogP contribution in [0.5, 0.6) is 0 Å². The van der Waals surface area contributed by atoms with Gasteiger partial charge in [-0.25, -0.2) is 4.99 Å². The Morgan fingerprint density at radius 1 is 1.26 bits per heavy atom. The molecule has 1 aromatic carbocycles. The molecule has 1 aliphatic rings. The summed E-state index contributed by atoms with van der Waals surface area (Å²) in [4.78, 5) is 20.4. The van der Waals surface area contributed by atoms with Crippen molar-refractivity contribution < 1.29 is 13.4 Å². The molecule has 1 amide bonds. The number of benzene rings is 1. The van der Waals surface area contributed by atoms with Crippen molar-refractivity contribution in [1.29, 1.82) is 0 Å². The van der Waals surface area contributed by atoms with Crippen molar-refractivity contribution in [1.82, 2.24) is 15.6 Å². The van der Waals surface area contributed by atoms with E-state index in [1.165, 1.54) is 0 Å². The molecule has 0 saturated carbocycles. The van der Waals surface area contributed by atoms with Gasteiger partial charge in [-0.15, -0.1) is 13.2 Å². The molecule has 6 nitrogen and oxygen atoms in total. The van der Waals surface area contributed by atoms with Crippen LogP contribution in [0.1, 0.15) is 49.2 Å². The van der Waals surface area contributed by atoms with E-state index in [1.54, 1.807) is 69.0 Å². The van der Waals surface area contributed by atoms with Crippen LogP contribution in [0, 0.1) is 6.92 Å². The summed E-state index contributed by atoms with van der Waals surface area (Å²) in [5, 5.41) is 5.79. The van der Waals surface area contributed by atoms with E-state index in [0.717, 1.165) is 11.1 Å². The maximum absolute atomic E-state index is 14.4. The Kier molecular flexibility index (Phi) is 15.8. The second kappa shape index (κ2) is 17.4. The molecule has 0 aliphatic carbocycles. The van der Waals surface area contributed by atoms with Gasteiger partial charge in [0.2, 0.25) is 0 Å². The van der Waals surface area contributed by atoms with E-state index < -0.39 is 10.9 Å². The summed E-state index contributed by atoms with van der Waals surface area (Å²) in [5.74, 6) is -0.198. The highest BCUT2D eigenvalue weighted by Gasteiger charge is 2.25. The average molecular weight is 489 g/mol. The monoisotopic (exact) mass is 488 g/mol. The quantitative estimate of drug-likeness (QED) is 0.394. The molecule has 0 bridgehead atoms. The molecule has 1 aromatic heterocycles. The molecule has 2 heterocycles. The zero-order valence-electron chi connectivity index (χ0n) is 21.2. The molecule has 2 N–H and O–H groups in total. The number of aryl methyl sites for hydroxylation is 1. The van der Waals surface area contributed by atoms with Gasteiger partial charge in [0, 0.05) is 37.7 Å². The Balaban J connectivity index is 0.000000841. The van der Waals surface area contributed by atoms with E-state index in [9.17, 15) is 8.68 Å². The lowest BCUT2D eigenvalue weighted by Gasteiger charge is -2.23. The molecular formula is C26H37FN4O2S. The first kappa shape index (κ1) is 30.9. The number of amides is 1. The summed E-state index contributed by atoms with van der Waals surface area (Å²) in [6.07, 6.45) is 6.94. The average Bonchev–Trinajstić information content (AvgIpc) is 2.88. The van der Waals surface area contributed by atoms with E-state index in [0.29, 0.717) is 16.2 Å². The van der Waals surface area contributed by atoms with Crippen molar-refractivity contribution >= 4 is 32.6 Å².